The number of halogens is 17. The maximum absolute atomic E-state index is 14.4. The molecular formula is C18H12F17NO3. The van der Waals surface area contributed by atoms with Crippen molar-refractivity contribution in [3.63, 3.8) is 0 Å². The zero-order valence-corrected chi connectivity index (χ0v) is 18.6. The molecule has 0 aromatic heterocycles. The van der Waals surface area contributed by atoms with E-state index in [-0.39, 0.29) is 0 Å². The van der Waals surface area contributed by atoms with Gasteiger partial charge in [0.15, 0.2) is 0 Å². The fraction of sp³-hybridized carbons (Fsp3) is 0.667. The van der Waals surface area contributed by atoms with Crippen LogP contribution in [0.2, 0.25) is 0 Å². The van der Waals surface area contributed by atoms with Crippen LogP contribution in [-0.4, -0.2) is 59.7 Å². The molecule has 0 amide bonds. The second kappa shape index (κ2) is 9.50. The van der Waals surface area contributed by atoms with Crippen LogP contribution in [-0.2, 0) is 10.3 Å². The number of benzene rings is 1. The molecule has 1 aromatic carbocycles. The van der Waals surface area contributed by atoms with Crippen LogP contribution in [0.1, 0.15) is 18.9 Å². The normalized spacial score (nSPS) is 16.7. The molecule has 0 radical (unpaired) electrons. The molecule has 0 fully saturated rings. The molecule has 0 spiro atoms. The summed E-state index contributed by atoms with van der Waals surface area (Å²) in [5.74, 6) is -57.3. The molecule has 0 bridgehead atoms. The number of hydrogen-bond donors (Lipinski definition) is 0. The van der Waals surface area contributed by atoms with Gasteiger partial charge >= 0.3 is 47.6 Å². The van der Waals surface area contributed by atoms with Gasteiger partial charge in [0.1, 0.15) is 0 Å². The number of nitro benzene ring substituents is 1. The van der Waals surface area contributed by atoms with E-state index in [1.54, 1.807) is 0 Å². The van der Waals surface area contributed by atoms with E-state index in [0.29, 0.717) is 38.3 Å². The van der Waals surface area contributed by atoms with Crippen LogP contribution in [0.15, 0.2) is 24.3 Å². The lowest BCUT2D eigenvalue weighted by Gasteiger charge is -2.44. The summed E-state index contributed by atoms with van der Waals surface area (Å²) in [5.41, 5.74) is -4.93. The van der Waals surface area contributed by atoms with Gasteiger partial charge in [-0.25, -0.2) is 0 Å². The number of non-ortho nitro benzene ring substituents is 1. The van der Waals surface area contributed by atoms with E-state index < -0.39 is 75.8 Å². The van der Waals surface area contributed by atoms with Gasteiger partial charge in [-0.2, -0.15) is 74.6 Å². The summed E-state index contributed by atoms with van der Waals surface area (Å²) in [5, 5.41) is 10.8. The number of nitro groups is 1. The number of hydrogen-bond acceptors (Lipinski definition) is 3. The Morgan fingerprint density at radius 3 is 1.44 bits per heavy atom. The van der Waals surface area contributed by atoms with Gasteiger partial charge < -0.3 is 4.74 Å². The van der Waals surface area contributed by atoms with E-state index in [4.69, 9.17) is 0 Å². The third-order valence-electron chi connectivity index (χ3n) is 5.46. The minimum absolute atomic E-state index is 0.332. The summed E-state index contributed by atoms with van der Waals surface area (Å²) >= 11 is 0. The molecule has 1 atom stereocenters. The van der Waals surface area contributed by atoms with Crippen LogP contribution in [0.25, 0.3) is 0 Å². The van der Waals surface area contributed by atoms with Crippen molar-refractivity contribution in [3.8, 4) is 0 Å². The van der Waals surface area contributed by atoms with Crippen molar-refractivity contribution in [1.82, 2.24) is 0 Å². The van der Waals surface area contributed by atoms with E-state index in [0.717, 1.165) is 0 Å². The van der Waals surface area contributed by atoms with Gasteiger partial charge in [-0.3, -0.25) is 10.1 Å². The average Bonchev–Trinajstić information content (AvgIpc) is 2.77. The second-order valence-corrected chi connectivity index (χ2v) is 8.07. The first kappa shape index (κ1) is 34.4. The first-order chi connectivity index (χ1) is 16.9. The topological polar surface area (TPSA) is 52.4 Å². The highest BCUT2D eigenvalue weighted by Gasteiger charge is 2.95. The second-order valence-electron chi connectivity index (χ2n) is 8.07. The summed E-state index contributed by atoms with van der Waals surface area (Å²) in [7, 11) is 0.397. The molecule has 0 N–H and O–H groups in total. The number of ether oxygens (including phenoxy) is 1. The molecule has 1 aromatic rings. The van der Waals surface area contributed by atoms with Crippen molar-refractivity contribution < 1.29 is 84.3 Å². The quantitative estimate of drug-likeness (QED) is 0.145. The van der Waals surface area contributed by atoms with Crippen LogP contribution in [0, 0.1) is 10.1 Å². The first-order valence-electron chi connectivity index (χ1n) is 9.44. The van der Waals surface area contributed by atoms with E-state index in [1.807, 2.05) is 0 Å². The molecule has 4 nitrogen and oxygen atoms in total. The molecule has 0 saturated carbocycles. The van der Waals surface area contributed by atoms with Crippen molar-refractivity contribution in [3.05, 3.63) is 39.9 Å². The number of rotatable bonds is 11. The fourth-order valence-electron chi connectivity index (χ4n) is 2.97. The predicted molar refractivity (Wildman–Crippen MR) is 92.8 cm³/mol. The fourth-order valence-corrected chi connectivity index (χ4v) is 2.97. The van der Waals surface area contributed by atoms with Crippen molar-refractivity contribution in [2.45, 2.75) is 66.6 Å². The van der Waals surface area contributed by atoms with Gasteiger partial charge in [0.25, 0.3) is 5.69 Å². The van der Waals surface area contributed by atoms with Gasteiger partial charge in [0.05, 0.1) is 16.9 Å². The molecule has 0 aliphatic carbocycles. The summed E-state index contributed by atoms with van der Waals surface area (Å²) < 4.78 is 233. The third-order valence-corrected chi connectivity index (χ3v) is 5.46. The highest BCUT2D eigenvalue weighted by atomic mass is 19.4. The summed E-state index contributed by atoms with van der Waals surface area (Å²) in [4.78, 5) is 9.64. The Bertz CT molecular complexity index is 1070. The molecule has 39 heavy (non-hydrogen) atoms. The Morgan fingerprint density at radius 2 is 1.08 bits per heavy atom. The van der Waals surface area contributed by atoms with Gasteiger partial charge in [0.2, 0.25) is 0 Å². The van der Waals surface area contributed by atoms with Crippen molar-refractivity contribution >= 4 is 5.69 Å². The summed E-state index contributed by atoms with van der Waals surface area (Å²) in [6.07, 6.45) is -10.8. The molecule has 226 valence electrons. The first-order valence-corrected chi connectivity index (χ1v) is 9.44. The molecular weight excluding hydrogens is 601 g/mol. The molecule has 0 heterocycles. The number of nitrogens with zero attached hydrogens (tertiary/aromatic N) is 1. The Balaban J connectivity index is 3.69. The molecule has 0 aliphatic heterocycles. The van der Waals surface area contributed by atoms with Gasteiger partial charge in [-0.1, -0.05) is 12.1 Å². The van der Waals surface area contributed by atoms with Crippen molar-refractivity contribution in [2.24, 2.45) is 0 Å². The largest absolute Gasteiger partial charge is 0.460 e. The zero-order chi connectivity index (χ0) is 31.5. The Morgan fingerprint density at radius 1 is 0.692 bits per heavy atom. The van der Waals surface area contributed by atoms with E-state index >= 15 is 0 Å². The number of alkyl halides is 17. The van der Waals surface area contributed by atoms with E-state index in [2.05, 4.69) is 4.74 Å². The van der Waals surface area contributed by atoms with E-state index in [9.17, 15) is 84.8 Å². The van der Waals surface area contributed by atoms with Crippen molar-refractivity contribution in [1.29, 1.82) is 0 Å². The third kappa shape index (κ3) is 4.94. The molecule has 0 saturated heterocycles. The minimum Gasteiger partial charge on any atom is -0.374 e. The Labute approximate surface area is 204 Å². The summed E-state index contributed by atoms with van der Waals surface area (Å²) in [6.45, 7) is 0.332. The molecule has 21 heteroatoms. The Kier molecular flexibility index (Phi) is 8.38. The van der Waals surface area contributed by atoms with Crippen molar-refractivity contribution in [2.75, 3.05) is 7.11 Å². The number of methoxy groups -OCH3 is 1. The molecule has 1 rings (SSSR count). The highest BCUT2D eigenvalue weighted by molar-refractivity contribution is 5.37. The van der Waals surface area contributed by atoms with Crippen LogP contribution >= 0.6 is 0 Å². The van der Waals surface area contributed by atoms with Gasteiger partial charge in [0, 0.05) is 19.2 Å². The maximum Gasteiger partial charge on any atom is 0.460 e. The van der Waals surface area contributed by atoms with Crippen LogP contribution in [0.4, 0.5) is 80.3 Å². The Hall–Kier alpha value is -2.61. The van der Waals surface area contributed by atoms with Crippen LogP contribution in [0.3, 0.4) is 0 Å². The van der Waals surface area contributed by atoms with Crippen LogP contribution < -0.4 is 0 Å². The lowest BCUT2D eigenvalue weighted by Crippen LogP contribution is -2.74. The predicted octanol–water partition coefficient (Wildman–Crippen LogP) is 7.86. The SMILES string of the molecule is COC(C)(CC(F)(F)C(F)(F)C(F)(F)C(F)(F)C(F)(F)C(F)(F)C(F)(F)C(F)(F)F)c1cccc([N+](=O)[O-])c1. The summed E-state index contributed by atoms with van der Waals surface area (Å²) in [6, 6.07) is 2.39. The average molecular weight is 613 g/mol. The maximum atomic E-state index is 14.4. The minimum atomic E-state index is -8.73. The van der Waals surface area contributed by atoms with Gasteiger partial charge in [-0.15, -0.1) is 0 Å². The lowest BCUT2D eigenvalue weighted by molar-refractivity contribution is -0.462. The van der Waals surface area contributed by atoms with E-state index in [1.165, 1.54) is 0 Å². The smallest absolute Gasteiger partial charge is 0.374 e. The monoisotopic (exact) mass is 613 g/mol. The highest BCUT2D eigenvalue weighted by Crippen LogP contribution is 2.64. The lowest BCUT2D eigenvalue weighted by atomic mass is 9.83. The standard InChI is InChI=1S/C18H12F17NO3/c1-10(39-2,8-4-3-5-9(6-8)36(37)38)7-11(19,20)12(21,22)13(23,24)14(25,26)15(27,28)16(29,30)17(31,32)18(33,34)35/h3-6H,7H2,1-2H3. The molecule has 0 aliphatic rings. The van der Waals surface area contributed by atoms with Crippen LogP contribution in [0.5, 0.6) is 0 Å². The van der Waals surface area contributed by atoms with Gasteiger partial charge in [-0.05, 0) is 12.5 Å². The zero-order valence-electron chi connectivity index (χ0n) is 18.6. The molecule has 1 unspecified atom stereocenters.